The number of aromatic hydroxyl groups is 2. The van der Waals surface area contributed by atoms with Crippen molar-refractivity contribution in [1.82, 2.24) is 0 Å². The molecule has 0 aliphatic carbocycles. The topological polar surface area (TPSA) is 155 Å². The Bertz CT molecular complexity index is 1240. The molecule has 0 unspecified atom stereocenters. The Morgan fingerprint density at radius 3 is 2.36 bits per heavy atom. The van der Waals surface area contributed by atoms with Crippen molar-refractivity contribution in [2.75, 3.05) is 13.2 Å². The van der Waals surface area contributed by atoms with Crippen LogP contribution >= 0.6 is 0 Å². The van der Waals surface area contributed by atoms with E-state index < -0.39 is 43.3 Å². The molecule has 3 aromatic carbocycles. The molecular weight excluding hydrogens is 508 g/mol. The second-order valence-corrected chi connectivity index (χ2v) is 8.85. The molecule has 10 heteroatoms. The summed E-state index contributed by atoms with van der Waals surface area (Å²) in [6, 6.07) is 18.9. The fourth-order valence-corrected chi connectivity index (χ4v) is 4.00. The number of ether oxygens (including phenoxy) is 4. The molecule has 0 saturated carbocycles. The number of hydrogen-bond acceptors (Lipinski definition) is 10. The average molecular weight is 539 g/mol. The van der Waals surface area contributed by atoms with Crippen LogP contribution in [0.15, 0.2) is 78.9 Å². The maximum absolute atomic E-state index is 12.4. The average Bonchev–Trinajstić information content (AvgIpc) is 2.95. The first-order chi connectivity index (χ1) is 18.9. The van der Waals surface area contributed by atoms with Gasteiger partial charge in [0.15, 0.2) is 0 Å². The summed E-state index contributed by atoms with van der Waals surface area (Å²) in [5.74, 6) is -0.404. The van der Waals surface area contributed by atoms with Crippen molar-refractivity contribution in [2.24, 2.45) is 0 Å². The van der Waals surface area contributed by atoms with E-state index in [9.17, 15) is 30.3 Å². The lowest BCUT2D eigenvalue weighted by molar-refractivity contribution is -0.285. The van der Waals surface area contributed by atoms with Gasteiger partial charge in [-0.05, 0) is 48.0 Å². The van der Waals surface area contributed by atoms with E-state index in [2.05, 4.69) is 0 Å². The van der Waals surface area contributed by atoms with Gasteiger partial charge in [-0.3, -0.25) is 0 Å². The Kier molecular flexibility index (Phi) is 9.53. The summed E-state index contributed by atoms with van der Waals surface area (Å²) < 4.78 is 23.0. The molecule has 0 spiro atoms. The molecule has 0 amide bonds. The molecule has 4 rings (SSSR count). The van der Waals surface area contributed by atoms with Crippen LogP contribution in [0.1, 0.15) is 21.5 Å². The van der Waals surface area contributed by atoms with E-state index in [1.54, 1.807) is 66.7 Å². The summed E-state index contributed by atoms with van der Waals surface area (Å²) >= 11 is 0. The standard InChI is InChI=1S/C29H30O10/c30-16-20-15-22(32)12-13-23(20)38-29-27(36-14-4-5-18-8-10-21(31)11-9-18)26(34)25(33)24(39-29)17-37-28(35)19-6-2-1-3-7-19/h1-13,15,24-27,29-34H,14,16-17H2/b5-4+/t24-,25-,26+,27-,29-/m0/s1. The number of phenols is 2. The van der Waals surface area contributed by atoms with E-state index in [0.29, 0.717) is 5.56 Å². The van der Waals surface area contributed by atoms with Crippen molar-refractivity contribution in [2.45, 2.75) is 37.3 Å². The normalized spacial score (nSPS) is 23.0. The van der Waals surface area contributed by atoms with Gasteiger partial charge in [-0.2, -0.15) is 0 Å². The maximum atomic E-state index is 12.4. The number of carbonyl (C=O) groups excluding carboxylic acids is 1. The molecule has 1 fully saturated rings. The summed E-state index contributed by atoms with van der Waals surface area (Å²) in [5, 5.41) is 50.6. The van der Waals surface area contributed by atoms with Gasteiger partial charge in [0.25, 0.3) is 0 Å². The van der Waals surface area contributed by atoms with Crippen LogP contribution in [0.25, 0.3) is 6.08 Å². The third kappa shape index (κ3) is 7.34. The van der Waals surface area contributed by atoms with E-state index in [4.69, 9.17) is 18.9 Å². The Labute approximate surface area is 224 Å². The zero-order valence-electron chi connectivity index (χ0n) is 20.9. The molecule has 1 aliphatic rings. The van der Waals surface area contributed by atoms with Crippen molar-refractivity contribution in [1.29, 1.82) is 0 Å². The van der Waals surface area contributed by atoms with Gasteiger partial charge in [-0.25, -0.2) is 4.79 Å². The van der Waals surface area contributed by atoms with E-state index in [1.807, 2.05) is 0 Å². The number of aliphatic hydroxyl groups is 3. The van der Waals surface area contributed by atoms with Gasteiger partial charge >= 0.3 is 5.97 Å². The van der Waals surface area contributed by atoms with Gasteiger partial charge in [0.05, 0.1) is 18.8 Å². The van der Waals surface area contributed by atoms with E-state index in [0.717, 1.165) is 5.56 Å². The highest BCUT2D eigenvalue weighted by Crippen LogP contribution is 2.30. The van der Waals surface area contributed by atoms with Crippen LogP contribution in [0.3, 0.4) is 0 Å². The van der Waals surface area contributed by atoms with Gasteiger partial charge in [-0.15, -0.1) is 0 Å². The predicted molar refractivity (Wildman–Crippen MR) is 139 cm³/mol. The third-order valence-corrected chi connectivity index (χ3v) is 6.08. The lowest BCUT2D eigenvalue weighted by Gasteiger charge is -2.42. The fourth-order valence-electron chi connectivity index (χ4n) is 4.00. The molecule has 39 heavy (non-hydrogen) atoms. The van der Waals surface area contributed by atoms with Crippen molar-refractivity contribution < 1.29 is 49.3 Å². The number of benzene rings is 3. The largest absolute Gasteiger partial charge is 0.508 e. The Morgan fingerprint density at radius 2 is 1.64 bits per heavy atom. The van der Waals surface area contributed by atoms with E-state index >= 15 is 0 Å². The van der Waals surface area contributed by atoms with Gasteiger partial charge < -0.3 is 44.5 Å². The number of carbonyl (C=O) groups is 1. The summed E-state index contributed by atoms with van der Waals surface area (Å²) in [5.41, 5.74) is 1.38. The fraction of sp³-hybridized carbons (Fsp3) is 0.276. The van der Waals surface area contributed by atoms with Gasteiger partial charge in [0.2, 0.25) is 6.29 Å². The van der Waals surface area contributed by atoms with Crippen LogP contribution in [0.4, 0.5) is 0 Å². The molecule has 1 heterocycles. The smallest absolute Gasteiger partial charge is 0.338 e. The van der Waals surface area contributed by atoms with Gasteiger partial charge in [0.1, 0.15) is 48.3 Å². The Hall–Kier alpha value is -3.93. The molecule has 5 atom stereocenters. The summed E-state index contributed by atoms with van der Waals surface area (Å²) in [4.78, 5) is 12.4. The SMILES string of the molecule is O=C(OC[C@@H]1O[C@H](Oc2ccc(O)cc2CO)[C@@H](OC/C=C/c2ccc(O)cc2)[C@H](O)[C@H]1O)c1ccccc1. The molecular formula is C29H30O10. The molecule has 10 nitrogen and oxygen atoms in total. The van der Waals surface area contributed by atoms with E-state index in [-0.39, 0.29) is 36.0 Å². The van der Waals surface area contributed by atoms with Crippen molar-refractivity contribution in [3.63, 3.8) is 0 Å². The molecule has 0 radical (unpaired) electrons. The monoisotopic (exact) mass is 538 g/mol. The lowest BCUT2D eigenvalue weighted by atomic mass is 9.99. The molecule has 1 aliphatic heterocycles. The number of phenolic OH excluding ortho intramolecular Hbond substituents is 2. The predicted octanol–water partition coefficient (Wildman–Crippen LogP) is 2.37. The molecule has 3 aromatic rings. The van der Waals surface area contributed by atoms with Crippen LogP contribution in [0.2, 0.25) is 0 Å². The zero-order valence-corrected chi connectivity index (χ0v) is 20.9. The lowest BCUT2D eigenvalue weighted by Crippen LogP contribution is -2.61. The van der Waals surface area contributed by atoms with Crippen LogP contribution in [-0.4, -0.2) is 75.4 Å². The molecule has 5 N–H and O–H groups in total. The first kappa shape index (κ1) is 28.1. The minimum Gasteiger partial charge on any atom is -0.508 e. The molecule has 0 bridgehead atoms. The maximum Gasteiger partial charge on any atom is 0.338 e. The number of esters is 1. The molecule has 206 valence electrons. The van der Waals surface area contributed by atoms with Crippen LogP contribution in [-0.2, 0) is 20.8 Å². The van der Waals surface area contributed by atoms with Gasteiger partial charge in [0, 0.05) is 5.56 Å². The summed E-state index contributed by atoms with van der Waals surface area (Å²) in [6.45, 7) is -0.809. The first-order valence-electron chi connectivity index (χ1n) is 12.3. The summed E-state index contributed by atoms with van der Waals surface area (Å²) in [6.07, 6.45) is -3.14. The highest BCUT2D eigenvalue weighted by Gasteiger charge is 2.47. The summed E-state index contributed by atoms with van der Waals surface area (Å²) in [7, 11) is 0. The highest BCUT2D eigenvalue weighted by atomic mass is 16.7. The van der Waals surface area contributed by atoms with E-state index in [1.165, 1.54) is 18.2 Å². The Morgan fingerprint density at radius 1 is 0.923 bits per heavy atom. The van der Waals surface area contributed by atoms with Crippen LogP contribution in [0, 0.1) is 0 Å². The molecule has 1 saturated heterocycles. The van der Waals surface area contributed by atoms with Gasteiger partial charge in [-0.1, -0.05) is 42.5 Å². The third-order valence-electron chi connectivity index (χ3n) is 6.08. The van der Waals surface area contributed by atoms with Crippen molar-refractivity contribution in [3.05, 3.63) is 95.6 Å². The second-order valence-electron chi connectivity index (χ2n) is 8.85. The first-order valence-corrected chi connectivity index (χ1v) is 12.3. The second kappa shape index (κ2) is 13.2. The van der Waals surface area contributed by atoms with Crippen LogP contribution < -0.4 is 4.74 Å². The van der Waals surface area contributed by atoms with Crippen molar-refractivity contribution in [3.8, 4) is 17.2 Å². The number of rotatable bonds is 10. The minimum atomic E-state index is -1.49. The highest BCUT2D eigenvalue weighted by molar-refractivity contribution is 5.89. The zero-order chi connectivity index (χ0) is 27.8. The molecule has 0 aromatic heterocycles. The number of hydrogen-bond donors (Lipinski definition) is 5. The number of aliphatic hydroxyl groups excluding tert-OH is 3. The minimum absolute atomic E-state index is 0.00857. The quantitative estimate of drug-likeness (QED) is 0.243. The Balaban J connectivity index is 1.48. The van der Waals surface area contributed by atoms with Crippen LogP contribution in [0.5, 0.6) is 17.2 Å². The van der Waals surface area contributed by atoms with Crippen molar-refractivity contribution >= 4 is 12.0 Å².